The summed E-state index contributed by atoms with van der Waals surface area (Å²) in [7, 11) is 0. The van der Waals surface area contributed by atoms with Crippen molar-refractivity contribution >= 4 is 12.1 Å². The van der Waals surface area contributed by atoms with E-state index in [1.165, 1.54) is 6.20 Å². The summed E-state index contributed by atoms with van der Waals surface area (Å²) in [4.78, 5) is 9.99. The van der Waals surface area contributed by atoms with Gasteiger partial charge in [-0.2, -0.15) is 0 Å². The Labute approximate surface area is 41.5 Å². The van der Waals surface area contributed by atoms with Crippen LogP contribution in [0.2, 0.25) is 0 Å². The Morgan fingerprint density at radius 1 is 1.86 bits per heavy atom. The van der Waals surface area contributed by atoms with E-state index >= 15 is 0 Å². The Bertz CT molecular complexity index is 97.9. The van der Waals surface area contributed by atoms with Crippen LogP contribution in [0.3, 0.4) is 0 Å². The average molecular weight is 98.1 g/mol. The third-order valence-electron chi connectivity index (χ3n) is 0.375. The third kappa shape index (κ3) is 2.69. The molecule has 0 unspecified atom stereocenters. The fraction of sp³-hybridized carbons (Fsp3) is 0. The Balaban J connectivity index is 3.36. The van der Waals surface area contributed by atoms with Crippen molar-refractivity contribution < 1.29 is 4.79 Å². The van der Waals surface area contributed by atoms with Crippen LogP contribution in [-0.2, 0) is 4.79 Å². The van der Waals surface area contributed by atoms with Gasteiger partial charge in [0.2, 0.25) is 0 Å². The summed E-state index contributed by atoms with van der Waals surface area (Å²) in [6.45, 7) is 3.21. The van der Waals surface area contributed by atoms with Gasteiger partial charge in [-0.3, -0.25) is 4.79 Å². The van der Waals surface area contributed by atoms with Crippen LogP contribution in [0.1, 0.15) is 0 Å². The minimum absolute atomic E-state index is 0.449. The van der Waals surface area contributed by atoms with E-state index < -0.39 is 5.91 Å². The highest BCUT2D eigenvalue weighted by Crippen LogP contribution is 1.52. The van der Waals surface area contributed by atoms with Gasteiger partial charge in [0.1, 0.15) is 0 Å². The molecule has 1 amide bonds. The van der Waals surface area contributed by atoms with Crippen molar-refractivity contribution in [2.24, 2.45) is 0 Å². The Hall–Kier alpha value is -1.12. The van der Waals surface area contributed by atoms with Crippen molar-refractivity contribution in [3.8, 4) is 0 Å². The van der Waals surface area contributed by atoms with Gasteiger partial charge in [0, 0.05) is 0 Å². The van der Waals surface area contributed by atoms with Crippen LogP contribution in [0.15, 0.2) is 12.8 Å². The molecule has 0 heterocycles. The van der Waals surface area contributed by atoms with Crippen molar-refractivity contribution in [1.29, 1.82) is 5.41 Å². The molecule has 0 fully saturated rings. The van der Waals surface area contributed by atoms with Gasteiger partial charge in [0.15, 0.2) is 0 Å². The molecule has 0 rings (SSSR count). The van der Waals surface area contributed by atoms with E-state index in [4.69, 9.17) is 5.41 Å². The lowest BCUT2D eigenvalue weighted by Gasteiger charge is -1.84. The number of amides is 1. The van der Waals surface area contributed by atoms with Gasteiger partial charge in [-0.25, -0.2) is 0 Å². The van der Waals surface area contributed by atoms with E-state index in [1.54, 1.807) is 0 Å². The van der Waals surface area contributed by atoms with Crippen molar-refractivity contribution in [3.63, 3.8) is 0 Å². The maximum absolute atomic E-state index is 9.99. The standard InChI is InChI=1S/C4H6N2O/c1-2-6-4(7)3-5/h2-3,5H,1H2,(H,6,7). The average Bonchev–Trinajstić information content (AvgIpc) is 1.68. The van der Waals surface area contributed by atoms with Crippen molar-refractivity contribution in [2.45, 2.75) is 0 Å². The number of nitrogens with one attached hydrogen (secondary N) is 2. The quantitative estimate of drug-likeness (QED) is 0.465. The highest BCUT2D eigenvalue weighted by atomic mass is 16.1. The minimum atomic E-state index is -0.449. The van der Waals surface area contributed by atoms with Gasteiger partial charge in [-0.05, 0) is 6.20 Å². The molecule has 0 aromatic carbocycles. The summed E-state index contributed by atoms with van der Waals surface area (Å²) < 4.78 is 0. The number of carbonyl (C=O) groups is 1. The van der Waals surface area contributed by atoms with E-state index in [1.807, 2.05) is 0 Å². The van der Waals surface area contributed by atoms with Gasteiger partial charge < -0.3 is 10.7 Å². The summed E-state index contributed by atoms with van der Waals surface area (Å²) in [6.07, 6.45) is 1.91. The Morgan fingerprint density at radius 2 is 2.43 bits per heavy atom. The number of hydrogen-bond acceptors (Lipinski definition) is 2. The summed E-state index contributed by atoms with van der Waals surface area (Å²) in [5.74, 6) is -0.449. The summed E-state index contributed by atoms with van der Waals surface area (Å²) in [5, 5.41) is 8.50. The molecule has 0 atom stereocenters. The van der Waals surface area contributed by atoms with Crippen LogP contribution in [0.5, 0.6) is 0 Å². The molecule has 0 aromatic rings. The van der Waals surface area contributed by atoms with Crippen LogP contribution in [0.4, 0.5) is 0 Å². The maximum Gasteiger partial charge on any atom is 0.265 e. The van der Waals surface area contributed by atoms with E-state index in [9.17, 15) is 4.79 Å². The predicted molar refractivity (Wildman–Crippen MR) is 27.1 cm³/mol. The molecule has 0 saturated carbocycles. The molecule has 3 heteroatoms. The van der Waals surface area contributed by atoms with Gasteiger partial charge in [0.25, 0.3) is 5.91 Å². The first kappa shape index (κ1) is 5.88. The van der Waals surface area contributed by atoms with E-state index in [-0.39, 0.29) is 0 Å². The number of hydrogen-bond donors (Lipinski definition) is 2. The van der Waals surface area contributed by atoms with E-state index in [0.717, 1.165) is 0 Å². The van der Waals surface area contributed by atoms with Crippen LogP contribution in [0, 0.1) is 5.41 Å². The van der Waals surface area contributed by atoms with Crippen LogP contribution >= 0.6 is 0 Å². The second kappa shape index (κ2) is 3.08. The van der Waals surface area contributed by atoms with E-state index in [0.29, 0.717) is 6.21 Å². The molecule has 0 aromatic heterocycles. The lowest BCUT2D eigenvalue weighted by molar-refractivity contribution is -0.113. The monoisotopic (exact) mass is 98.0 g/mol. The molecule has 0 aliphatic heterocycles. The third-order valence-corrected chi connectivity index (χ3v) is 0.375. The predicted octanol–water partition coefficient (Wildman–Crippen LogP) is -0.104. The zero-order chi connectivity index (χ0) is 5.70. The van der Waals surface area contributed by atoms with E-state index in [2.05, 4.69) is 11.9 Å². The molecular weight excluding hydrogens is 92.1 g/mol. The zero-order valence-electron chi connectivity index (χ0n) is 3.77. The summed E-state index contributed by atoms with van der Waals surface area (Å²) >= 11 is 0. The summed E-state index contributed by atoms with van der Waals surface area (Å²) in [5.41, 5.74) is 0. The lowest BCUT2D eigenvalue weighted by atomic mass is 10.7. The molecule has 0 aliphatic carbocycles. The smallest absolute Gasteiger partial charge is 0.265 e. The maximum atomic E-state index is 9.99. The molecule has 0 saturated heterocycles. The Morgan fingerprint density at radius 3 is 2.57 bits per heavy atom. The van der Waals surface area contributed by atoms with Gasteiger partial charge in [0.05, 0.1) is 6.21 Å². The molecule has 0 radical (unpaired) electrons. The summed E-state index contributed by atoms with van der Waals surface area (Å²) in [6, 6.07) is 0. The second-order valence-corrected chi connectivity index (χ2v) is 0.857. The molecule has 0 spiro atoms. The van der Waals surface area contributed by atoms with Crippen LogP contribution < -0.4 is 5.32 Å². The number of rotatable bonds is 2. The Kier molecular flexibility index (Phi) is 2.59. The normalized spacial score (nSPS) is 6.86. The molecule has 0 bridgehead atoms. The van der Waals surface area contributed by atoms with Crippen molar-refractivity contribution in [3.05, 3.63) is 12.8 Å². The fourth-order valence-electron chi connectivity index (χ4n) is 0.142. The van der Waals surface area contributed by atoms with Crippen LogP contribution in [-0.4, -0.2) is 12.1 Å². The first-order valence-corrected chi connectivity index (χ1v) is 1.73. The van der Waals surface area contributed by atoms with Crippen molar-refractivity contribution in [2.75, 3.05) is 0 Å². The zero-order valence-corrected chi connectivity index (χ0v) is 3.77. The SMILES string of the molecule is C=CNC(=O)C=N. The van der Waals surface area contributed by atoms with Crippen LogP contribution in [0.25, 0.3) is 0 Å². The molecular formula is C4H6N2O. The van der Waals surface area contributed by atoms with Crippen molar-refractivity contribution in [1.82, 2.24) is 5.32 Å². The second-order valence-electron chi connectivity index (χ2n) is 0.857. The molecule has 3 nitrogen and oxygen atoms in total. The van der Waals surface area contributed by atoms with Gasteiger partial charge >= 0.3 is 0 Å². The molecule has 38 valence electrons. The molecule has 0 aliphatic rings. The first-order valence-electron chi connectivity index (χ1n) is 1.73. The van der Waals surface area contributed by atoms with Gasteiger partial charge in [-0.1, -0.05) is 6.58 Å². The highest BCUT2D eigenvalue weighted by Gasteiger charge is 1.83. The highest BCUT2D eigenvalue weighted by molar-refractivity contribution is 6.25. The minimum Gasteiger partial charge on any atom is -0.328 e. The number of carbonyl (C=O) groups excluding carboxylic acids is 1. The van der Waals surface area contributed by atoms with Gasteiger partial charge in [-0.15, -0.1) is 0 Å². The first-order chi connectivity index (χ1) is 3.31. The molecule has 2 N–H and O–H groups in total. The lowest BCUT2D eigenvalue weighted by Crippen LogP contribution is -2.16. The topological polar surface area (TPSA) is 53.0 Å². The fourth-order valence-corrected chi connectivity index (χ4v) is 0.142. The largest absolute Gasteiger partial charge is 0.328 e. The molecule has 7 heavy (non-hydrogen) atoms.